The lowest BCUT2D eigenvalue weighted by molar-refractivity contribution is -0.384. The summed E-state index contributed by atoms with van der Waals surface area (Å²) in [5.74, 6) is 0.0164. The first-order valence-electron chi connectivity index (χ1n) is 9.06. The predicted octanol–water partition coefficient (Wildman–Crippen LogP) is 3.45. The highest BCUT2D eigenvalue weighted by molar-refractivity contribution is 6.11. The molecule has 0 bridgehead atoms. The smallest absolute Gasteiger partial charge is 0.269 e. The van der Waals surface area contributed by atoms with Gasteiger partial charge in [-0.15, -0.1) is 0 Å². The summed E-state index contributed by atoms with van der Waals surface area (Å²) in [7, 11) is 0. The van der Waals surface area contributed by atoms with Crippen LogP contribution in [0.4, 0.5) is 11.4 Å². The molecule has 1 saturated carbocycles. The van der Waals surface area contributed by atoms with Crippen LogP contribution in [0, 0.1) is 15.5 Å². The van der Waals surface area contributed by atoms with Gasteiger partial charge >= 0.3 is 0 Å². The van der Waals surface area contributed by atoms with Crippen LogP contribution in [0.15, 0.2) is 18.2 Å². The first kappa shape index (κ1) is 17.6. The molecule has 0 amide bonds. The fourth-order valence-corrected chi connectivity index (χ4v) is 4.63. The summed E-state index contributed by atoms with van der Waals surface area (Å²) in [5, 5.41) is 11.2. The van der Waals surface area contributed by atoms with E-state index in [1.807, 2.05) is 6.92 Å². The maximum absolute atomic E-state index is 12.9. The first-order chi connectivity index (χ1) is 12.0. The van der Waals surface area contributed by atoms with Gasteiger partial charge in [0.1, 0.15) is 17.0 Å². The van der Waals surface area contributed by atoms with Crippen molar-refractivity contribution in [2.75, 3.05) is 11.4 Å². The number of nitro groups is 1. The highest BCUT2D eigenvalue weighted by Crippen LogP contribution is 2.48. The standard InChI is InChI=1S/C19H24N2O4/c1-3-10-20-15-9-8-14(21(24)25)11-13(15)12-19(16(20)4-2)17(22)6-5-7-18(19)23/h8-9,11,16H,3-7,10,12H2,1-2H3. The number of carbonyl (C=O) groups is 2. The number of non-ortho nitro benzene ring substituents is 1. The maximum atomic E-state index is 12.9. The molecule has 1 spiro atoms. The lowest BCUT2D eigenvalue weighted by atomic mass is 9.61. The van der Waals surface area contributed by atoms with Crippen LogP contribution in [-0.2, 0) is 16.0 Å². The van der Waals surface area contributed by atoms with Crippen molar-refractivity contribution in [1.82, 2.24) is 0 Å². The van der Waals surface area contributed by atoms with Gasteiger partial charge in [-0.1, -0.05) is 13.8 Å². The summed E-state index contributed by atoms with van der Waals surface area (Å²) in [6.45, 7) is 4.80. The van der Waals surface area contributed by atoms with E-state index in [1.54, 1.807) is 12.1 Å². The van der Waals surface area contributed by atoms with Crippen molar-refractivity contribution in [3.05, 3.63) is 33.9 Å². The summed E-state index contributed by atoms with van der Waals surface area (Å²) in [6.07, 6.45) is 3.34. The molecule has 1 aliphatic heterocycles. The molecule has 134 valence electrons. The van der Waals surface area contributed by atoms with Gasteiger partial charge in [-0.2, -0.15) is 0 Å². The Morgan fingerprint density at radius 1 is 1.24 bits per heavy atom. The zero-order chi connectivity index (χ0) is 18.2. The number of rotatable bonds is 4. The van der Waals surface area contributed by atoms with Gasteiger partial charge in [-0.25, -0.2) is 0 Å². The lowest BCUT2D eigenvalue weighted by Crippen LogP contribution is -2.61. The highest BCUT2D eigenvalue weighted by Gasteiger charge is 2.56. The minimum atomic E-state index is -1.04. The first-order valence-corrected chi connectivity index (χ1v) is 9.06. The number of ketones is 2. The second-order valence-electron chi connectivity index (χ2n) is 7.04. The van der Waals surface area contributed by atoms with Gasteiger partial charge in [0, 0.05) is 43.2 Å². The van der Waals surface area contributed by atoms with Gasteiger partial charge in [0.25, 0.3) is 5.69 Å². The fourth-order valence-electron chi connectivity index (χ4n) is 4.63. The topological polar surface area (TPSA) is 80.5 Å². The van der Waals surface area contributed by atoms with Crippen molar-refractivity contribution < 1.29 is 14.5 Å². The molecule has 1 unspecified atom stereocenters. The maximum Gasteiger partial charge on any atom is 0.269 e. The molecule has 1 aromatic carbocycles. The summed E-state index contributed by atoms with van der Waals surface area (Å²) < 4.78 is 0. The molecule has 0 N–H and O–H groups in total. The van der Waals surface area contributed by atoms with Crippen molar-refractivity contribution in [2.24, 2.45) is 5.41 Å². The molecule has 3 rings (SSSR count). The molecule has 1 fully saturated rings. The van der Waals surface area contributed by atoms with E-state index in [2.05, 4.69) is 11.8 Å². The quantitative estimate of drug-likeness (QED) is 0.475. The van der Waals surface area contributed by atoms with Crippen molar-refractivity contribution in [1.29, 1.82) is 0 Å². The zero-order valence-corrected chi connectivity index (χ0v) is 14.8. The average Bonchev–Trinajstić information content (AvgIpc) is 2.59. The van der Waals surface area contributed by atoms with Gasteiger partial charge < -0.3 is 4.90 Å². The normalized spacial score (nSPS) is 22.2. The van der Waals surface area contributed by atoms with E-state index in [4.69, 9.17) is 0 Å². The zero-order valence-electron chi connectivity index (χ0n) is 14.8. The second kappa shape index (κ2) is 6.58. The van der Waals surface area contributed by atoms with Crippen LogP contribution >= 0.6 is 0 Å². The average molecular weight is 344 g/mol. The highest BCUT2D eigenvalue weighted by atomic mass is 16.6. The summed E-state index contributed by atoms with van der Waals surface area (Å²) in [4.78, 5) is 38.8. The summed E-state index contributed by atoms with van der Waals surface area (Å²) in [5.41, 5.74) is 0.646. The van der Waals surface area contributed by atoms with Crippen molar-refractivity contribution in [3.8, 4) is 0 Å². The Morgan fingerprint density at radius 2 is 1.92 bits per heavy atom. The molecule has 1 heterocycles. The number of nitrogens with zero attached hydrogens (tertiary/aromatic N) is 2. The Balaban J connectivity index is 2.19. The minimum Gasteiger partial charge on any atom is -0.367 e. The van der Waals surface area contributed by atoms with Gasteiger partial charge in [0.2, 0.25) is 0 Å². The van der Waals surface area contributed by atoms with Crippen LogP contribution in [0.2, 0.25) is 0 Å². The molecular weight excluding hydrogens is 320 g/mol. The second-order valence-corrected chi connectivity index (χ2v) is 7.04. The van der Waals surface area contributed by atoms with Gasteiger partial charge in [-0.3, -0.25) is 19.7 Å². The molecule has 6 heteroatoms. The summed E-state index contributed by atoms with van der Waals surface area (Å²) >= 11 is 0. The number of carbonyl (C=O) groups excluding carboxylic acids is 2. The van der Waals surface area contributed by atoms with Crippen molar-refractivity contribution in [3.63, 3.8) is 0 Å². The van der Waals surface area contributed by atoms with Gasteiger partial charge in [0.15, 0.2) is 0 Å². The molecule has 6 nitrogen and oxygen atoms in total. The molecule has 1 aromatic rings. The minimum absolute atomic E-state index is 0.00820. The SMILES string of the molecule is CCCN1c2ccc([N+](=O)[O-])cc2CC2(C(=O)CCCC2=O)C1CC. The number of anilines is 1. The van der Waals surface area contributed by atoms with Crippen molar-refractivity contribution >= 4 is 22.9 Å². The lowest BCUT2D eigenvalue weighted by Gasteiger charge is -2.51. The molecule has 25 heavy (non-hydrogen) atoms. The molecule has 2 aliphatic rings. The van der Waals surface area contributed by atoms with E-state index in [1.165, 1.54) is 6.07 Å². The van der Waals surface area contributed by atoms with E-state index in [9.17, 15) is 19.7 Å². The summed E-state index contributed by atoms with van der Waals surface area (Å²) in [6, 6.07) is 4.66. The third kappa shape index (κ3) is 2.64. The number of benzene rings is 1. The Hall–Kier alpha value is -2.24. The van der Waals surface area contributed by atoms with Crippen LogP contribution in [-0.4, -0.2) is 29.1 Å². The van der Waals surface area contributed by atoms with E-state index >= 15 is 0 Å². The number of hydrogen-bond donors (Lipinski definition) is 0. The van der Waals surface area contributed by atoms with E-state index in [0.29, 0.717) is 32.1 Å². The Morgan fingerprint density at radius 3 is 2.48 bits per heavy atom. The van der Waals surface area contributed by atoms with E-state index in [-0.39, 0.29) is 23.3 Å². The monoisotopic (exact) mass is 344 g/mol. The van der Waals surface area contributed by atoms with Gasteiger partial charge in [-0.05, 0) is 37.3 Å². The van der Waals surface area contributed by atoms with E-state index in [0.717, 1.165) is 24.2 Å². The molecule has 0 radical (unpaired) electrons. The van der Waals surface area contributed by atoms with Crippen LogP contribution in [0.5, 0.6) is 0 Å². The fraction of sp³-hybridized carbons (Fsp3) is 0.579. The molecule has 0 saturated heterocycles. The number of nitro benzene ring substituents is 1. The predicted molar refractivity (Wildman–Crippen MR) is 94.8 cm³/mol. The van der Waals surface area contributed by atoms with Crippen LogP contribution in [0.3, 0.4) is 0 Å². The third-order valence-corrected chi connectivity index (χ3v) is 5.65. The Kier molecular flexibility index (Phi) is 4.62. The number of hydrogen-bond acceptors (Lipinski definition) is 5. The molecule has 1 atom stereocenters. The molecular formula is C19H24N2O4. The number of Topliss-reactive ketones (excluding diaryl/α,β-unsaturated/α-hetero) is 2. The van der Waals surface area contributed by atoms with Crippen LogP contribution in [0.1, 0.15) is 51.5 Å². The van der Waals surface area contributed by atoms with Crippen LogP contribution < -0.4 is 4.90 Å². The van der Waals surface area contributed by atoms with Crippen molar-refractivity contribution in [2.45, 2.75) is 58.4 Å². The van der Waals surface area contributed by atoms with Crippen LogP contribution in [0.25, 0.3) is 0 Å². The van der Waals surface area contributed by atoms with E-state index < -0.39 is 10.3 Å². The molecule has 1 aliphatic carbocycles. The Labute approximate surface area is 147 Å². The third-order valence-electron chi connectivity index (χ3n) is 5.65. The number of fused-ring (bicyclic) bond motifs is 1. The largest absolute Gasteiger partial charge is 0.367 e. The Bertz CT molecular complexity index is 712. The molecule has 0 aromatic heterocycles. The van der Waals surface area contributed by atoms with Gasteiger partial charge in [0.05, 0.1) is 4.92 Å².